The molecule has 0 radical (unpaired) electrons. The molecule has 0 bridgehead atoms. The third-order valence-corrected chi connectivity index (χ3v) is 8.50. The van der Waals surface area contributed by atoms with E-state index in [0.29, 0.717) is 12.2 Å². The Morgan fingerprint density at radius 1 is 1.25 bits per heavy atom. The van der Waals surface area contributed by atoms with Gasteiger partial charge in [0.15, 0.2) is 5.78 Å². The molecule has 1 saturated carbocycles. The van der Waals surface area contributed by atoms with Crippen molar-refractivity contribution in [2.24, 2.45) is 22.7 Å². The molecule has 0 spiro atoms. The number of aliphatic hydroxyl groups is 1. The molecule has 28 heavy (non-hydrogen) atoms. The van der Waals surface area contributed by atoms with Crippen molar-refractivity contribution < 1.29 is 14.6 Å². The fourth-order valence-electron chi connectivity index (χ4n) is 6.70. The van der Waals surface area contributed by atoms with Crippen LogP contribution in [0.1, 0.15) is 56.4 Å². The van der Waals surface area contributed by atoms with Crippen LogP contribution in [0, 0.1) is 41.9 Å². The summed E-state index contributed by atoms with van der Waals surface area (Å²) < 4.78 is 5.60. The van der Waals surface area contributed by atoms with Crippen LogP contribution < -0.4 is 4.74 Å². The zero-order valence-corrected chi connectivity index (χ0v) is 17.7. The van der Waals surface area contributed by atoms with Crippen molar-refractivity contribution in [3.05, 3.63) is 40.5 Å². The summed E-state index contributed by atoms with van der Waals surface area (Å²) in [6, 6.07) is 2.05. The van der Waals surface area contributed by atoms with Gasteiger partial charge in [0.2, 0.25) is 0 Å². The molecule has 1 aromatic carbocycles. The molecule has 1 N–H and O–H groups in total. The number of hydrogen-bond donors (Lipinski definition) is 1. The Labute approximate surface area is 168 Å². The third-order valence-electron chi connectivity index (χ3n) is 8.50. The SMILES string of the molecule is C#Cc1c(OC)cc2c(c1C)C[C@@H]1[C@@]3(C)C=CC(=O)C(C)(C)[C@@H]3C[C@@H](O)[C@@]21C. The fourth-order valence-corrected chi connectivity index (χ4v) is 6.70. The number of fused-ring (bicyclic) bond motifs is 5. The van der Waals surface area contributed by atoms with Crippen molar-refractivity contribution >= 4 is 5.78 Å². The van der Waals surface area contributed by atoms with E-state index >= 15 is 0 Å². The van der Waals surface area contributed by atoms with Crippen LogP contribution in [0.2, 0.25) is 0 Å². The van der Waals surface area contributed by atoms with Gasteiger partial charge >= 0.3 is 0 Å². The Morgan fingerprint density at radius 3 is 2.54 bits per heavy atom. The molecule has 0 heterocycles. The lowest BCUT2D eigenvalue weighted by atomic mass is 9.44. The average Bonchev–Trinajstić information content (AvgIpc) is 2.97. The number of ketones is 1. The van der Waals surface area contributed by atoms with Gasteiger partial charge in [-0.25, -0.2) is 0 Å². The lowest BCUT2D eigenvalue weighted by Gasteiger charge is -2.59. The van der Waals surface area contributed by atoms with Crippen LogP contribution >= 0.6 is 0 Å². The summed E-state index contributed by atoms with van der Waals surface area (Å²) in [6.07, 6.45) is 10.6. The molecule has 0 aromatic heterocycles. The highest BCUT2D eigenvalue weighted by molar-refractivity contribution is 5.95. The van der Waals surface area contributed by atoms with Crippen LogP contribution in [0.15, 0.2) is 18.2 Å². The number of carbonyl (C=O) groups is 1. The van der Waals surface area contributed by atoms with E-state index in [2.05, 4.69) is 32.8 Å². The van der Waals surface area contributed by atoms with Gasteiger partial charge in [0.05, 0.1) is 18.8 Å². The van der Waals surface area contributed by atoms with E-state index < -0.39 is 16.9 Å². The van der Waals surface area contributed by atoms with Crippen molar-refractivity contribution in [3.63, 3.8) is 0 Å². The number of aliphatic hydroxyl groups excluding tert-OH is 1. The first-order valence-corrected chi connectivity index (χ1v) is 10.1. The van der Waals surface area contributed by atoms with E-state index in [0.717, 1.165) is 23.1 Å². The molecule has 0 unspecified atom stereocenters. The van der Waals surface area contributed by atoms with Gasteiger partial charge in [-0.1, -0.05) is 39.7 Å². The maximum absolute atomic E-state index is 12.6. The van der Waals surface area contributed by atoms with E-state index in [9.17, 15) is 9.90 Å². The smallest absolute Gasteiger partial charge is 0.161 e. The first-order valence-electron chi connectivity index (χ1n) is 10.1. The molecule has 0 aliphatic heterocycles. The molecule has 3 heteroatoms. The molecule has 5 atom stereocenters. The summed E-state index contributed by atoms with van der Waals surface area (Å²) >= 11 is 0. The van der Waals surface area contributed by atoms with Gasteiger partial charge in [0, 0.05) is 10.8 Å². The Bertz CT molecular complexity index is 948. The second-order valence-corrected chi connectivity index (χ2v) is 9.88. The largest absolute Gasteiger partial charge is 0.495 e. The second kappa shape index (κ2) is 5.74. The van der Waals surface area contributed by atoms with Crippen molar-refractivity contribution in [1.82, 2.24) is 0 Å². The van der Waals surface area contributed by atoms with Gasteiger partial charge in [-0.15, -0.1) is 6.42 Å². The zero-order chi connectivity index (χ0) is 20.6. The number of terminal acetylenes is 1. The number of hydrogen-bond acceptors (Lipinski definition) is 3. The second-order valence-electron chi connectivity index (χ2n) is 9.88. The highest BCUT2D eigenvalue weighted by Crippen LogP contribution is 2.66. The zero-order valence-electron chi connectivity index (χ0n) is 17.7. The molecule has 148 valence electrons. The number of rotatable bonds is 1. The summed E-state index contributed by atoms with van der Waals surface area (Å²) in [7, 11) is 1.64. The monoisotopic (exact) mass is 378 g/mol. The van der Waals surface area contributed by atoms with E-state index in [-0.39, 0.29) is 23.0 Å². The number of carbonyl (C=O) groups excluding carboxylic acids is 1. The standard InChI is InChI=1S/C25H30O3/c1-8-15-14(2)16-11-20-24(5)10-9-21(26)23(3,4)19(24)13-22(27)25(20,6)17(16)12-18(15)28-7/h1,9-10,12,19-20,22,27H,11,13H2,2-7H3/t19-,20+,22+,24-,25-/m0/s1. The summed E-state index contributed by atoms with van der Waals surface area (Å²) in [5, 5.41) is 11.4. The Morgan fingerprint density at radius 2 is 1.93 bits per heavy atom. The van der Waals surface area contributed by atoms with Gasteiger partial charge in [0.1, 0.15) is 5.75 Å². The van der Waals surface area contributed by atoms with E-state index in [1.807, 2.05) is 19.9 Å². The van der Waals surface area contributed by atoms with Gasteiger partial charge in [-0.3, -0.25) is 4.79 Å². The van der Waals surface area contributed by atoms with E-state index in [1.54, 1.807) is 13.2 Å². The van der Waals surface area contributed by atoms with Crippen molar-refractivity contribution in [2.75, 3.05) is 7.11 Å². The minimum Gasteiger partial charge on any atom is -0.495 e. The van der Waals surface area contributed by atoms with Crippen molar-refractivity contribution in [1.29, 1.82) is 0 Å². The number of methoxy groups -OCH3 is 1. The predicted octanol–water partition coefficient (Wildman–Crippen LogP) is 3.97. The summed E-state index contributed by atoms with van der Waals surface area (Å²) in [4.78, 5) is 12.6. The molecular weight excluding hydrogens is 348 g/mol. The van der Waals surface area contributed by atoms with Crippen LogP contribution in [0.25, 0.3) is 0 Å². The van der Waals surface area contributed by atoms with Crippen molar-refractivity contribution in [2.45, 2.75) is 59.0 Å². The fraction of sp³-hybridized carbons (Fsp3) is 0.560. The summed E-state index contributed by atoms with van der Waals surface area (Å²) in [5.41, 5.74) is 3.24. The van der Waals surface area contributed by atoms with E-state index in [1.165, 1.54) is 5.56 Å². The molecule has 3 aliphatic rings. The molecule has 1 aromatic rings. The highest BCUT2D eigenvalue weighted by Gasteiger charge is 2.64. The Kier molecular flexibility index (Phi) is 3.95. The Balaban J connectivity index is 1.95. The maximum atomic E-state index is 12.6. The first kappa shape index (κ1) is 19.3. The van der Waals surface area contributed by atoms with Crippen LogP contribution in [0.4, 0.5) is 0 Å². The van der Waals surface area contributed by atoms with Gasteiger partial charge < -0.3 is 9.84 Å². The number of allylic oxidation sites excluding steroid dienone is 2. The summed E-state index contributed by atoms with van der Waals surface area (Å²) in [5.74, 6) is 3.96. The van der Waals surface area contributed by atoms with Gasteiger partial charge in [-0.2, -0.15) is 0 Å². The minimum absolute atomic E-state index is 0.106. The quantitative estimate of drug-likeness (QED) is 0.752. The molecule has 4 rings (SSSR count). The van der Waals surface area contributed by atoms with Gasteiger partial charge in [-0.05, 0) is 65.8 Å². The molecular formula is C25H30O3. The van der Waals surface area contributed by atoms with Gasteiger partial charge in [0.25, 0.3) is 0 Å². The third kappa shape index (κ3) is 2.08. The average molecular weight is 379 g/mol. The highest BCUT2D eigenvalue weighted by atomic mass is 16.5. The topological polar surface area (TPSA) is 46.5 Å². The summed E-state index contributed by atoms with van der Waals surface area (Å²) in [6.45, 7) is 10.6. The lowest BCUT2D eigenvalue weighted by Crippen LogP contribution is -2.60. The van der Waals surface area contributed by atoms with Crippen LogP contribution in [-0.4, -0.2) is 24.1 Å². The van der Waals surface area contributed by atoms with E-state index in [4.69, 9.17) is 11.2 Å². The van der Waals surface area contributed by atoms with Crippen LogP contribution in [0.5, 0.6) is 5.75 Å². The minimum atomic E-state index is -0.517. The molecule has 0 saturated heterocycles. The first-order chi connectivity index (χ1) is 13.0. The Hall–Kier alpha value is -2.05. The van der Waals surface area contributed by atoms with Crippen molar-refractivity contribution in [3.8, 4) is 18.1 Å². The maximum Gasteiger partial charge on any atom is 0.161 e. The normalized spacial score (nSPS) is 37.6. The van der Waals surface area contributed by atoms with Crippen LogP contribution in [0.3, 0.4) is 0 Å². The predicted molar refractivity (Wildman–Crippen MR) is 110 cm³/mol. The lowest BCUT2D eigenvalue weighted by molar-refractivity contribution is -0.143. The van der Waals surface area contributed by atoms with Crippen LogP contribution in [-0.2, 0) is 16.6 Å². The molecule has 0 amide bonds. The molecule has 1 fully saturated rings. The number of benzene rings is 1. The molecule has 3 nitrogen and oxygen atoms in total. The molecule has 3 aliphatic carbocycles. The number of ether oxygens (including phenoxy) is 1.